The maximum atomic E-state index is 14.5. The molecule has 0 heterocycles. The molecule has 2 fully saturated rings. The van der Waals surface area contributed by atoms with Crippen molar-refractivity contribution < 1.29 is 31.8 Å². The SMILES string of the molecule is Cc1ccc(OC(F)(F)C2CCC(OC(=O)C3CCC(C)CC3)CC2)c(F)c1F. The second-order valence-corrected chi connectivity index (χ2v) is 8.54. The molecule has 1 aromatic carbocycles. The molecule has 0 aromatic heterocycles. The number of halogens is 4. The van der Waals surface area contributed by atoms with Gasteiger partial charge in [0.25, 0.3) is 0 Å². The maximum Gasteiger partial charge on any atom is 0.400 e. The first-order chi connectivity index (χ1) is 13.7. The van der Waals surface area contributed by atoms with Crippen LogP contribution in [0, 0.1) is 36.3 Å². The average Bonchev–Trinajstić information content (AvgIpc) is 2.69. The Morgan fingerprint density at radius 1 is 0.966 bits per heavy atom. The number of benzene rings is 1. The number of hydrogen-bond donors (Lipinski definition) is 0. The topological polar surface area (TPSA) is 35.5 Å². The van der Waals surface area contributed by atoms with Crippen LogP contribution in [0.4, 0.5) is 17.6 Å². The Morgan fingerprint density at radius 3 is 2.21 bits per heavy atom. The molecule has 29 heavy (non-hydrogen) atoms. The van der Waals surface area contributed by atoms with Gasteiger partial charge in [-0.3, -0.25) is 4.79 Å². The van der Waals surface area contributed by atoms with Gasteiger partial charge in [0.2, 0.25) is 5.82 Å². The minimum atomic E-state index is -3.63. The van der Waals surface area contributed by atoms with Gasteiger partial charge in [0.1, 0.15) is 6.10 Å². The molecular formula is C22H28F4O3. The Hall–Kier alpha value is -1.79. The van der Waals surface area contributed by atoms with E-state index in [-0.39, 0.29) is 36.4 Å². The third-order valence-corrected chi connectivity index (χ3v) is 6.27. The molecule has 0 bridgehead atoms. The second-order valence-electron chi connectivity index (χ2n) is 8.54. The zero-order valence-electron chi connectivity index (χ0n) is 16.9. The van der Waals surface area contributed by atoms with E-state index in [4.69, 9.17) is 4.74 Å². The largest absolute Gasteiger partial charge is 0.462 e. The Labute approximate surface area is 168 Å². The van der Waals surface area contributed by atoms with E-state index in [0.717, 1.165) is 31.7 Å². The highest BCUT2D eigenvalue weighted by Crippen LogP contribution is 2.40. The Kier molecular flexibility index (Phi) is 6.74. The summed E-state index contributed by atoms with van der Waals surface area (Å²) in [4.78, 5) is 12.3. The minimum absolute atomic E-state index is 0.0212. The molecule has 162 valence electrons. The summed E-state index contributed by atoms with van der Waals surface area (Å²) in [6.45, 7) is 3.51. The van der Waals surface area contributed by atoms with Crippen LogP contribution in [0.5, 0.6) is 5.75 Å². The van der Waals surface area contributed by atoms with Gasteiger partial charge in [0.15, 0.2) is 11.6 Å². The molecule has 2 saturated carbocycles. The van der Waals surface area contributed by atoms with E-state index >= 15 is 0 Å². The number of alkyl halides is 2. The van der Waals surface area contributed by atoms with E-state index in [1.165, 1.54) is 13.0 Å². The van der Waals surface area contributed by atoms with Crippen LogP contribution >= 0.6 is 0 Å². The zero-order valence-corrected chi connectivity index (χ0v) is 16.9. The highest BCUT2D eigenvalue weighted by atomic mass is 19.3. The Morgan fingerprint density at radius 2 is 1.59 bits per heavy atom. The van der Waals surface area contributed by atoms with Gasteiger partial charge in [-0.2, -0.15) is 13.2 Å². The van der Waals surface area contributed by atoms with Gasteiger partial charge in [0, 0.05) is 0 Å². The van der Waals surface area contributed by atoms with Gasteiger partial charge in [-0.25, -0.2) is 4.39 Å². The fourth-order valence-electron chi connectivity index (χ4n) is 4.21. The van der Waals surface area contributed by atoms with E-state index in [9.17, 15) is 22.4 Å². The summed E-state index contributed by atoms with van der Waals surface area (Å²) in [6.07, 6.45) is 0.440. The number of rotatable bonds is 5. The molecule has 2 aliphatic carbocycles. The number of esters is 1. The van der Waals surface area contributed by atoms with Gasteiger partial charge < -0.3 is 9.47 Å². The van der Waals surface area contributed by atoms with E-state index in [1.807, 2.05) is 0 Å². The third-order valence-electron chi connectivity index (χ3n) is 6.27. The summed E-state index contributed by atoms with van der Waals surface area (Å²) in [6, 6.07) is 2.21. The first-order valence-corrected chi connectivity index (χ1v) is 10.4. The predicted octanol–water partition coefficient (Wildman–Crippen LogP) is 6.17. The predicted molar refractivity (Wildman–Crippen MR) is 99.6 cm³/mol. The number of aryl methyl sites for hydroxylation is 1. The van der Waals surface area contributed by atoms with Crippen LogP contribution in [0.1, 0.15) is 63.9 Å². The van der Waals surface area contributed by atoms with Crippen molar-refractivity contribution in [1.29, 1.82) is 0 Å². The Bertz CT molecular complexity index is 721. The van der Waals surface area contributed by atoms with Gasteiger partial charge in [-0.15, -0.1) is 0 Å². The molecule has 7 heteroatoms. The number of carbonyl (C=O) groups is 1. The monoisotopic (exact) mass is 416 g/mol. The third kappa shape index (κ3) is 5.23. The van der Waals surface area contributed by atoms with Gasteiger partial charge in [-0.1, -0.05) is 13.0 Å². The fourth-order valence-corrected chi connectivity index (χ4v) is 4.21. The first-order valence-electron chi connectivity index (χ1n) is 10.4. The van der Waals surface area contributed by atoms with Crippen molar-refractivity contribution in [3.05, 3.63) is 29.3 Å². The van der Waals surface area contributed by atoms with Crippen molar-refractivity contribution in [2.75, 3.05) is 0 Å². The van der Waals surface area contributed by atoms with E-state index < -0.39 is 29.4 Å². The quantitative estimate of drug-likeness (QED) is 0.425. The van der Waals surface area contributed by atoms with E-state index in [0.29, 0.717) is 18.8 Å². The van der Waals surface area contributed by atoms with Crippen LogP contribution in [0.2, 0.25) is 0 Å². The lowest BCUT2D eigenvalue weighted by Gasteiger charge is -2.34. The highest BCUT2D eigenvalue weighted by molar-refractivity contribution is 5.72. The molecule has 0 amide bonds. The molecule has 0 N–H and O–H groups in total. The normalized spacial score (nSPS) is 28.1. The number of hydrogen-bond acceptors (Lipinski definition) is 3. The first kappa shape index (κ1) is 21.9. The van der Waals surface area contributed by atoms with Gasteiger partial charge in [-0.05, 0) is 75.8 Å². The second kappa shape index (κ2) is 8.92. The molecule has 0 radical (unpaired) electrons. The van der Waals surface area contributed by atoms with Crippen molar-refractivity contribution in [3.63, 3.8) is 0 Å². The van der Waals surface area contributed by atoms with Crippen LogP contribution in [-0.4, -0.2) is 18.2 Å². The molecule has 0 saturated heterocycles. The maximum absolute atomic E-state index is 14.5. The zero-order chi connectivity index (χ0) is 21.2. The molecule has 0 atom stereocenters. The van der Waals surface area contributed by atoms with Gasteiger partial charge in [0.05, 0.1) is 11.8 Å². The summed E-state index contributed by atoms with van der Waals surface area (Å²) in [5, 5.41) is 0. The highest BCUT2D eigenvalue weighted by Gasteiger charge is 2.45. The van der Waals surface area contributed by atoms with Crippen LogP contribution in [-0.2, 0) is 9.53 Å². The molecule has 3 nitrogen and oxygen atoms in total. The Balaban J connectivity index is 1.51. The number of carbonyl (C=O) groups excluding carboxylic acids is 1. The minimum Gasteiger partial charge on any atom is -0.462 e. The standard InChI is InChI=1S/C22H28F4O3/c1-13-3-6-15(7-4-13)21(27)28-17-10-8-16(9-11-17)22(25,26)29-18-12-5-14(2)19(23)20(18)24/h5,12-13,15-17H,3-4,6-11H2,1-2H3. The smallest absolute Gasteiger partial charge is 0.400 e. The van der Waals surface area contributed by atoms with Crippen molar-refractivity contribution in [3.8, 4) is 5.75 Å². The molecule has 0 aliphatic heterocycles. The van der Waals surface area contributed by atoms with Crippen LogP contribution in [0.3, 0.4) is 0 Å². The molecule has 3 rings (SSSR count). The van der Waals surface area contributed by atoms with Crippen molar-refractivity contribution in [2.24, 2.45) is 17.8 Å². The average molecular weight is 416 g/mol. The van der Waals surface area contributed by atoms with Crippen molar-refractivity contribution in [2.45, 2.75) is 77.4 Å². The lowest BCUT2D eigenvalue weighted by Crippen LogP contribution is -2.39. The van der Waals surface area contributed by atoms with Crippen LogP contribution < -0.4 is 4.74 Å². The van der Waals surface area contributed by atoms with Crippen LogP contribution in [0.25, 0.3) is 0 Å². The lowest BCUT2D eigenvalue weighted by atomic mass is 9.83. The summed E-state index contributed by atoms with van der Waals surface area (Å²) >= 11 is 0. The summed E-state index contributed by atoms with van der Waals surface area (Å²) < 4.78 is 66.6. The van der Waals surface area contributed by atoms with E-state index in [2.05, 4.69) is 11.7 Å². The fraction of sp³-hybridized carbons (Fsp3) is 0.682. The number of ether oxygens (including phenoxy) is 2. The van der Waals surface area contributed by atoms with Crippen molar-refractivity contribution >= 4 is 5.97 Å². The van der Waals surface area contributed by atoms with Gasteiger partial charge >= 0.3 is 12.1 Å². The molecule has 1 aromatic rings. The van der Waals surface area contributed by atoms with Crippen LogP contribution in [0.15, 0.2) is 12.1 Å². The molecular weight excluding hydrogens is 388 g/mol. The summed E-state index contributed by atoms with van der Waals surface area (Å²) in [5.74, 6) is -4.22. The van der Waals surface area contributed by atoms with E-state index in [1.54, 1.807) is 0 Å². The molecule has 0 unspecified atom stereocenters. The molecule has 2 aliphatic rings. The lowest BCUT2D eigenvalue weighted by molar-refractivity contribution is -0.227. The summed E-state index contributed by atoms with van der Waals surface area (Å²) in [7, 11) is 0. The molecule has 0 spiro atoms. The summed E-state index contributed by atoms with van der Waals surface area (Å²) in [5.41, 5.74) is 0.0212. The van der Waals surface area contributed by atoms with Crippen molar-refractivity contribution in [1.82, 2.24) is 0 Å².